The molecule has 0 atom stereocenters. The molecule has 0 unspecified atom stereocenters. The normalized spacial score (nSPS) is 10.9. The molecule has 0 amide bonds. The van der Waals surface area contributed by atoms with Gasteiger partial charge in [-0.25, -0.2) is 4.79 Å². The Hall–Kier alpha value is -3.54. The van der Waals surface area contributed by atoms with Crippen LogP contribution >= 0.6 is 0 Å². The lowest BCUT2D eigenvalue weighted by molar-refractivity contribution is 0.414. The second-order valence-corrected chi connectivity index (χ2v) is 6.61. The summed E-state index contributed by atoms with van der Waals surface area (Å²) in [5.74, 6) is 0.785. The number of nitrogens with zero attached hydrogens (tertiary/aromatic N) is 3. The maximum atomic E-state index is 12.9. The number of ether oxygens (including phenoxy) is 1. The highest BCUT2D eigenvalue weighted by molar-refractivity contribution is 5.67. The minimum Gasteiger partial charge on any atom is -0.497 e. The molecule has 0 radical (unpaired) electrons. The van der Waals surface area contributed by atoms with E-state index in [2.05, 4.69) is 23.2 Å². The Labute approximate surface area is 163 Å². The van der Waals surface area contributed by atoms with Crippen LogP contribution < -0.4 is 10.4 Å². The summed E-state index contributed by atoms with van der Waals surface area (Å²) >= 11 is 0. The Balaban J connectivity index is 1.66. The molecule has 0 saturated heterocycles. The predicted octanol–water partition coefficient (Wildman–Crippen LogP) is 3.65. The fourth-order valence-corrected chi connectivity index (χ4v) is 3.40. The number of nitrogens with one attached hydrogen (secondary N) is 1. The molecule has 0 aliphatic heterocycles. The molecule has 1 N–H and O–H groups in total. The third kappa shape index (κ3) is 3.36. The molecule has 0 spiro atoms. The number of benzene rings is 2. The third-order valence-electron chi connectivity index (χ3n) is 4.89. The summed E-state index contributed by atoms with van der Waals surface area (Å²) in [4.78, 5) is 12.9. The summed E-state index contributed by atoms with van der Waals surface area (Å²) in [6, 6.07) is 13.8. The minimum atomic E-state index is -0.0686. The lowest BCUT2D eigenvalue weighted by Gasteiger charge is -2.10. The van der Waals surface area contributed by atoms with E-state index in [1.54, 1.807) is 16.2 Å². The molecule has 4 rings (SSSR count). The van der Waals surface area contributed by atoms with Crippen LogP contribution in [0.5, 0.6) is 5.75 Å². The fourth-order valence-electron chi connectivity index (χ4n) is 3.40. The summed E-state index contributed by atoms with van der Waals surface area (Å²) < 4.78 is 8.64. The number of aromatic amines is 1. The van der Waals surface area contributed by atoms with Crippen molar-refractivity contribution in [1.82, 2.24) is 19.3 Å². The number of imidazole rings is 1. The Morgan fingerprint density at radius 3 is 2.79 bits per heavy atom. The Morgan fingerprint density at radius 2 is 2.04 bits per heavy atom. The molecular weight excluding hydrogens is 352 g/mol. The number of aryl methyl sites for hydroxylation is 1. The lowest BCUT2D eigenvalue weighted by Crippen LogP contribution is -2.23. The van der Waals surface area contributed by atoms with Crippen LogP contribution in [0.2, 0.25) is 0 Å². The third-order valence-corrected chi connectivity index (χ3v) is 4.89. The van der Waals surface area contributed by atoms with Gasteiger partial charge in [0.2, 0.25) is 0 Å². The van der Waals surface area contributed by atoms with Gasteiger partial charge in [-0.3, -0.25) is 14.2 Å². The number of rotatable bonds is 6. The van der Waals surface area contributed by atoms with Gasteiger partial charge in [0.15, 0.2) is 0 Å². The van der Waals surface area contributed by atoms with Crippen LogP contribution in [0.4, 0.5) is 0 Å². The number of hydrogen-bond donors (Lipinski definition) is 1. The lowest BCUT2D eigenvalue weighted by atomic mass is 10.00. The van der Waals surface area contributed by atoms with Gasteiger partial charge in [-0.05, 0) is 47.4 Å². The van der Waals surface area contributed by atoms with Crippen LogP contribution in [-0.4, -0.2) is 26.4 Å². The highest BCUT2D eigenvalue weighted by Crippen LogP contribution is 2.25. The van der Waals surface area contributed by atoms with Gasteiger partial charge in [0, 0.05) is 24.2 Å². The molecule has 0 aliphatic carbocycles. The van der Waals surface area contributed by atoms with Crippen molar-refractivity contribution in [1.29, 1.82) is 0 Å². The van der Waals surface area contributed by atoms with Crippen molar-refractivity contribution in [3.8, 4) is 22.6 Å². The molecule has 0 fully saturated rings. The summed E-state index contributed by atoms with van der Waals surface area (Å²) in [5.41, 5.74) is 5.16. The molecule has 0 aliphatic rings. The maximum absolute atomic E-state index is 12.9. The fraction of sp³-hybridized carbons (Fsp3) is 0.182. The quantitative estimate of drug-likeness (QED) is 0.560. The topological polar surface area (TPSA) is 64.8 Å². The SMILES string of the molecule is CCc1cc(-n2ccn(Cc3cccc(OC)c3)c2=O)ccc1-c1cn[nH]c1. The Kier molecular flexibility index (Phi) is 4.85. The molecule has 4 aromatic rings. The average Bonchev–Trinajstić information content (AvgIpc) is 3.38. The second-order valence-electron chi connectivity index (χ2n) is 6.61. The van der Waals surface area contributed by atoms with E-state index in [9.17, 15) is 4.79 Å². The van der Waals surface area contributed by atoms with Gasteiger partial charge in [0.1, 0.15) is 5.75 Å². The van der Waals surface area contributed by atoms with Gasteiger partial charge in [-0.1, -0.05) is 25.1 Å². The number of aromatic nitrogens is 4. The van der Waals surface area contributed by atoms with Crippen molar-refractivity contribution in [2.24, 2.45) is 0 Å². The second kappa shape index (κ2) is 7.60. The average molecular weight is 374 g/mol. The van der Waals surface area contributed by atoms with Crippen molar-refractivity contribution < 1.29 is 4.74 Å². The largest absolute Gasteiger partial charge is 0.497 e. The van der Waals surface area contributed by atoms with E-state index in [0.717, 1.165) is 34.5 Å². The van der Waals surface area contributed by atoms with Crippen LogP contribution in [0.1, 0.15) is 18.1 Å². The van der Waals surface area contributed by atoms with E-state index < -0.39 is 0 Å². The highest BCUT2D eigenvalue weighted by Gasteiger charge is 2.10. The molecule has 0 bridgehead atoms. The van der Waals surface area contributed by atoms with Gasteiger partial charge in [-0.2, -0.15) is 5.10 Å². The van der Waals surface area contributed by atoms with Crippen molar-refractivity contribution in [3.63, 3.8) is 0 Å². The van der Waals surface area contributed by atoms with Gasteiger partial charge >= 0.3 is 5.69 Å². The number of hydrogen-bond acceptors (Lipinski definition) is 3. The number of H-pyrrole nitrogens is 1. The van der Waals surface area contributed by atoms with Crippen molar-refractivity contribution in [2.75, 3.05) is 7.11 Å². The first-order chi connectivity index (χ1) is 13.7. The zero-order chi connectivity index (χ0) is 19.5. The van der Waals surface area contributed by atoms with Crippen LogP contribution in [0.3, 0.4) is 0 Å². The summed E-state index contributed by atoms with van der Waals surface area (Å²) in [6.07, 6.45) is 8.19. The van der Waals surface area contributed by atoms with E-state index in [1.165, 1.54) is 5.56 Å². The molecule has 2 heterocycles. The molecule has 28 heavy (non-hydrogen) atoms. The molecule has 6 nitrogen and oxygen atoms in total. The molecule has 0 saturated carbocycles. The monoisotopic (exact) mass is 374 g/mol. The minimum absolute atomic E-state index is 0.0686. The maximum Gasteiger partial charge on any atom is 0.333 e. The smallest absolute Gasteiger partial charge is 0.333 e. The van der Waals surface area contributed by atoms with Crippen molar-refractivity contribution >= 4 is 0 Å². The molecule has 142 valence electrons. The van der Waals surface area contributed by atoms with E-state index in [1.807, 2.05) is 61.2 Å². The standard InChI is InChI=1S/C22H22N4O2/c1-3-17-12-19(7-8-21(17)18-13-23-24-14-18)26-10-9-25(22(26)27)15-16-5-4-6-20(11-16)28-2/h4-14H,3,15H2,1-2H3,(H,23,24). The first-order valence-corrected chi connectivity index (χ1v) is 9.22. The predicted molar refractivity (Wildman–Crippen MR) is 109 cm³/mol. The van der Waals surface area contributed by atoms with E-state index >= 15 is 0 Å². The van der Waals surface area contributed by atoms with Crippen LogP contribution in [0.15, 0.2) is 72.0 Å². The first-order valence-electron chi connectivity index (χ1n) is 9.22. The van der Waals surface area contributed by atoms with Gasteiger partial charge in [0.25, 0.3) is 0 Å². The van der Waals surface area contributed by atoms with E-state index in [4.69, 9.17) is 4.74 Å². The first kappa shape index (κ1) is 17.9. The van der Waals surface area contributed by atoms with Crippen molar-refractivity contribution in [2.45, 2.75) is 19.9 Å². The summed E-state index contributed by atoms with van der Waals surface area (Å²) in [5, 5.41) is 6.88. The van der Waals surface area contributed by atoms with Crippen LogP contribution in [0.25, 0.3) is 16.8 Å². The highest BCUT2D eigenvalue weighted by atomic mass is 16.5. The van der Waals surface area contributed by atoms with Gasteiger partial charge < -0.3 is 4.74 Å². The van der Waals surface area contributed by atoms with E-state index in [0.29, 0.717) is 6.54 Å². The van der Waals surface area contributed by atoms with Gasteiger partial charge in [0.05, 0.1) is 25.5 Å². The number of methoxy groups -OCH3 is 1. The van der Waals surface area contributed by atoms with Crippen LogP contribution in [0, 0.1) is 0 Å². The van der Waals surface area contributed by atoms with Gasteiger partial charge in [-0.15, -0.1) is 0 Å². The van der Waals surface area contributed by atoms with Crippen LogP contribution in [-0.2, 0) is 13.0 Å². The molecule has 2 aromatic heterocycles. The van der Waals surface area contributed by atoms with Crippen molar-refractivity contribution in [3.05, 3.63) is 88.9 Å². The zero-order valence-corrected chi connectivity index (χ0v) is 15.9. The molecule has 2 aromatic carbocycles. The summed E-state index contributed by atoms with van der Waals surface area (Å²) in [6.45, 7) is 2.61. The molecule has 6 heteroatoms. The zero-order valence-electron chi connectivity index (χ0n) is 15.9. The Morgan fingerprint density at radius 1 is 1.14 bits per heavy atom. The Bertz CT molecular complexity index is 1140. The van der Waals surface area contributed by atoms with E-state index in [-0.39, 0.29) is 5.69 Å². The molecular formula is C22H22N4O2. The summed E-state index contributed by atoms with van der Waals surface area (Å²) in [7, 11) is 1.64.